The number of carboxylic acid groups (broad SMARTS) is 1. The molecule has 0 aliphatic carbocycles. The lowest BCUT2D eigenvalue weighted by Gasteiger charge is -2.05. The minimum absolute atomic E-state index is 0.174. The summed E-state index contributed by atoms with van der Waals surface area (Å²) in [6.45, 7) is 0.174. The highest BCUT2D eigenvalue weighted by atomic mass is 79.9. The molecule has 5 heteroatoms. The van der Waals surface area contributed by atoms with Gasteiger partial charge >= 0.3 is 5.97 Å². The van der Waals surface area contributed by atoms with Crippen molar-refractivity contribution in [3.63, 3.8) is 0 Å². The summed E-state index contributed by atoms with van der Waals surface area (Å²) in [5, 5.41) is 8.81. The van der Waals surface area contributed by atoms with Crippen molar-refractivity contribution < 1.29 is 14.6 Å². The normalized spacial score (nSPS) is 10.5. The van der Waals surface area contributed by atoms with Crippen molar-refractivity contribution in [2.45, 2.75) is 0 Å². The molecule has 0 fully saturated rings. The van der Waals surface area contributed by atoms with Crippen LogP contribution in [-0.2, 0) is 4.79 Å². The maximum atomic E-state index is 10.1. The van der Waals surface area contributed by atoms with Gasteiger partial charge in [-0.3, -0.25) is 0 Å². The second-order valence-corrected chi connectivity index (χ2v) is 3.95. The predicted octanol–water partition coefficient (Wildman–Crippen LogP) is 3.12. The first-order chi connectivity index (χ1) is 7.09. The van der Waals surface area contributed by atoms with E-state index in [-0.39, 0.29) is 6.61 Å². The Morgan fingerprint density at radius 3 is 2.93 bits per heavy atom. The smallest absolute Gasteiger partial charge is 0.328 e. The number of halogens is 2. The molecule has 3 nitrogen and oxygen atoms in total. The van der Waals surface area contributed by atoms with Gasteiger partial charge in [0.25, 0.3) is 0 Å². The summed E-state index contributed by atoms with van der Waals surface area (Å²) in [5.41, 5.74) is 0. The van der Waals surface area contributed by atoms with Crippen molar-refractivity contribution >= 4 is 33.5 Å². The molecule has 0 unspecified atom stereocenters. The van der Waals surface area contributed by atoms with Gasteiger partial charge in [0.15, 0.2) is 0 Å². The number of rotatable bonds is 4. The van der Waals surface area contributed by atoms with E-state index in [2.05, 4.69) is 15.9 Å². The van der Waals surface area contributed by atoms with Gasteiger partial charge in [0.1, 0.15) is 12.4 Å². The molecule has 0 radical (unpaired) electrons. The number of carboxylic acids is 1. The fraction of sp³-hybridized carbons (Fsp3) is 0.100. The fourth-order valence-corrected chi connectivity index (χ4v) is 1.61. The van der Waals surface area contributed by atoms with E-state index in [4.69, 9.17) is 21.4 Å². The summed E-state index contributed by atoms with van der Waals surface area (Å²) in [6, 6.07) is 5.21. The molecule has 0 spiro atoms. The maximum absolute atomic E-state index is 10.1. The van der Waals surface area contributed by atoms with Crippen LogP contribution in [0.3, 0.4) is 0 Å². The van der Waals surface area contributed by atoms with Crippen LogP contribution in [0.2, 0.25) is 5.02 Å². The molecule has 1 rings (SSSR count). The molecule has 0 saturated carbocycles. The van der Waals surface area contributed by atoms with E-state index in [9.17, 15) is 4.79 Å². The third-order valence-electron chi connectivity index (χ3n) is 1.49. The summed E-state index contributed by atoms with van der Waals surface area (Å²) < 4.78 is 6.10. The lowest BCUT2D eigenvalue weighted by atomic mass is 10.3. The molecule has 0 amide bonds. The number of ether oxygens (including phenoxy) is 1. The number of hydrogen-bond donors (Lipinski definition) is 1. The Hall–Kier alpha value is -1.000. The summed E-state index contributed by atoms with van der Waals surface area (Å²) in [5.74, 6) is -0.476. The van der Waals surface area contributed by atoms with Crippen LogP contribution in [0.1, 0.15) is 0 Å². The molecule has 15 heavy (non-hydrogen) atoms. The summed E-state index contributed by atoms with van der Waals surface area (Å²) in [7, 11) is 0. The second-order valence-electron chi connectivity index (χ2n) is 2.63. The summed E-state index contributed by atoms with van der Waals surface area (Å²) in [4.78, 5) is 10.1. The van der Waals surface area contributed by atoms with E-state index in [1.54, 1.807) is 18.2 Å². The summed E-state index contributed by atoms with van der Waals surface area (Å²) in [6.07, 6.45) is 2.42. The van der Waals surface area contributed by atoms with Gasteiger partial charge in [-0.05, 0) is 24.3 Å². The van der Waals surface area contributed by atoms with Crippen LogP contribution in [-0.4, -0.2) is 17.7 Å². The molecule has 1 aromatic rings. The third-order valence-corrected chi connectivity index (χ3v) is 2.28. The van der Waals surface area contributed by atoms with E-state index in [1.165, 1.54) is 6.08 Å². The van der Waals surface area contributed by atoms with Crippen molar-refractivity contribution in [1.82, 2.24) is 0 Å². The molecule has 0 aromatic heterocycles. The molecular weight excluding hydrogens is 283 g/mol. The molecule has 80 valence electrons. The second kappa shape index (κ2) is 5.78. The van der Waals surface area contributed by atoms with Crippen LogP contribution in [0, 0.1) is 0 Å². The number of hydrogen-bond acceptors (Lipinski definition) is 2. The SMILES string of the molecule is O=C(O)/C=C/COc1ccc(Br)cc1Cl. The highest BCUT2D eigenvalue weighted by molar-refractivity contribution is 9.10. The van der Waals surface area contributed by atoms with Crippen LogP contribution < -0.4 is 4.74 Å². The Morgan fingerprint density at radius 1 is 1.60 bits per heavy atom. The van der Waals surface area contributed by atoms with Gasteiger partial charge in [0, 0.05) is 10.5 Å². The average molecular weight is 292 g/mol. The van der Waals surface area contributed by atoms with Gasteiger partial charge in [-0.15, -0.1) is 0 Å². The Morgan fingerprint density at radius 2 is 2.33 bits per heavy atom. The van der Waals surface area contributed by atoms with Gasteiger partial charge in [0.05, 0.1) is 5.02 Å². The van der Waals surface area contributed by atoms with Crippen LogP contribution in [0.15, 0.2) is 34.8 Å². The van der Waals surface area contributed by atoms with Gasteiger partial charge in [-0.25, -0.2) is 4.79 Å². The quantitative estimate of drug-likeness (QED) is 0.867. The number of benzene rings is 1. The van der Waals surface area contributed by atoms with Crippen molar-refractivity contribution in [1.29, 1.82) is 0 Å². The Bertz CT molecular complexity index is 390. The lowest BCUT2D eigenvalue weighted by molar-refractivity contribution is -0.131. The number of aliphatic carboxylic acids is 1. The summed E-state index contributed by atoms with van der Waals surface area (Å²) >= 11 is 9.14. The highest BCUT2D eigenvalue weighted by Gasteiger charge is 2.00. The Labute approximate surface area is 100 Å². The molecule has 0 aliphatic rings. The zero-order valence-corrected chi connectivity index (χ0v) is 9.96. The standard InChI is InChI=1S/C10H8BrClO3/c11-7-3-4-9(8(12)6-7)15-5-1-2-10(13)14/h1-4,6H,5H2,(H,13,14)/b2-1+. The first kappa shape index (κ1) is 12.1. The first-order valence-corrected chi connectivity index (χ1v) is 5.24. The third kappa shape index (κ3) is 4.36. The lowest BCUT2D eigenvalue weighted by Crippen LogP contribution is -1.96. The minimum atomic E-state index is -1.000. The molecule has 0 atom stereocenters. The Balaban J connectivity index is 2.54. The Kier molecular flexibility index (Phi) is 4.65. The molecule has 0 bridgehead atoms. The van der Waals surface area contributed by atoms with E-state index >= 15 is 0 Å². The number of carbonyl (C=O) groups is 1. The van der Waals surface area contributed by atoms with E-state index < -0.39 is 5.97 Å². The van der Waals surface area contributed by atoms with Gasteiger partial charge < -0.3 is 9.84 Å². The van der Waals surface area contributed by atoms with Gasteiger partial charge in [-0.1, -0.05) is 27.5 Å². The van der Waals surface area contributed by atoms with Crippen molar-refractivity contribution in [3.05, 3.63) is 39.8 Å². The highest BCUT2D eigenvalue weighted by Crippen LogP contribution is 2.27. The largest absolute Gasteiger partial charge is 0.488 e. The van der Waals surface area contributed by atoms with Crippen LogP contribution in [0.25, 0.3) is 0 Å². The molecule has 0 aliphatic heterocycles. The molecule has 0 heterocycles. The monoisotopic (exact) mass is 290 g/mol. The van der Waals surface area contributed by atoms with Gasteiger partial charge in [-0.2, -0.15) is 0 Å². The fourth-order valence-electron chi connectivity index (χ4n) is 0.879. The topological polar surface area (TPSA) is 46.5 Å². The van der Waals surface area contributed by atoms with E-state index in [0.29, 0.717) is 10.8 Å². The molecule has 0 saturated heterocycles. The van der Waals surface area contributed by atoms with Crippen LogP contribution in [0.5, 0.6) is 5.75 Å². The van der Waals surface area contributed by atoms with Crippen molar-refractivity contribution in [3.8, 4) is 5.75 Å². The van der Waals surface area contributed by atoms with Crippen LogP contribution in [0.4, 0.5) is 0 Å². The molecular formula is C10H8BrClO3. The molecule has 1 N–H and O–H groups in total. The van der Waals surface area contributed by atoms with Crippen molar-refractivity contribution in [2.24, 2.45) is 0 Å². The zero-order valence-electron chi connectivity index (χ0n) is 7.61. The molecule has 1 aromatic carbocycles. The average Bonchev–Trinajstić information content (AvgIpc) is 2.14. The predicted molar refractivity (Wildman–Crippen MR) is 61.4 cm³/mol. The van der Waals surface area contributed by atoms with E-state index in [0.717, 1.165) is 10.5 Å². The van der Waals surface area contributed by atoms with Crippen LogP contribution >= 0.6 is 27.5 Å². The minimum Gasteiger partial charge on any atom is -0.488 e. The zero-order chi connectivity index (χ0) is 11.3. The van der Waals surface area contributed by atoms with Crippen molar-refractivity contribution in [2.75, 3.05) is 6.61 Å². The van der Waals surface area contributed by atoms with E-state index in [1.807, 2.05) is 0 Å². The maximum Gasteiger partial charge on any atom is 0.328 e. The first-order valence-electron chi connectivity index (χ1n) is 4.07. The van der Waals surface area contributed by atoms with Gasteiger partial charge in [0.2, 0.25) is 0 Å².